The van der Waals surface area contributed by atoms with Gasteiger partial charge in [0.15, 0.2) is 0 Å². The van der Waals surface area contributed by atoms with Crippen LogP contribution in [0.4, 0.5) is 13.2 Å². The van der Waals surface area contributed by atoms with E-state index in [2.05, 4.69) is 6.92 Å². The Labute approximate surface area is 96.8 Å². The average Bonchev–Trinajstić information content (AvgIpc) is 2.14. The summed E-state index contributed by atoms with van der Waals surface area (Å²) in [6.45, 7) is 3.85. The first-order valence-electron chi connectivity index (χ1n) is 4.13. The Morgan fingerprint density at radius 3 is 2.47 bits per heavy atom. The van der Waals surface area contributed by atoms with Gasteiger partial charge in [0.05, 0.1) is 12.2 Å². The molecule has 0 saturated carbocycles. The molecular formula is C10H10CoF3O-. The first kappa shape index (κ1) is 14.3. The minimum atomic E-state index is -4.32. The molecule has 0 spiro atoms. The second-order valence-electron chi connectivity index (χ2n) is 2.73. The standard InChI is InChI=1S/C10H10F3O.Co/c1-2-6-14-9-5-3-4-8(7-9)10(11,12)13;/h3-5,7H,1-2,6H2;/q-1;. The molecule has 0 aliphatic heterocycles. The summed E-state index contributed by atoms with van der Waals surface area (Å²) in [5.41, 5.74) is -0.695. The SMILES string of the molecule is [CH2-]CCOc1cccc(C(F)(F)F)c1.[Co]. The summed E-state index contributed by atoms with van der Waals surface area (Å²) < 4.78 is 41.7. The molecule has 1 radical (unpaired) electrons. The van der Waals surface area contributed by atoms with Crippen molar-refractivity contribution >= 4 is 0 Å². The summed E-state index contributed by atoms with van der Waals surface area (Å²) in [4.78, 5) is 0. The van der Waals surface area contributed by atoms with E-state index in [-0.39, 0.29) is 22.5 Å². The van der Waals surface area contributed by atoms with Crippen molar-refractivity contribution in [2.24, 2.45) is 0 Å². The number of rotatable bonds is 3. The van der Waals surface area contributed by atoms with Gasteiger partial charge < -0.3 is 11.7 Å². The third-order valence-corrected chi connectivity index (χ3v) is 1.57. The van der Waals surface area contributed by atoms with E-state index in [9.17, 15) is 13.2 Å². The van der Waals surface area contributed by atoms with Crippen LogP contribution in [0, 0.1) is 6.92 Å². The molecule has 0 fully saturated rings. The number of hydrogen-bond donors (Lipinski definition) is 0. The Bertz CT molecular complexity index is 299. The van der Waals surface area contributed by atoms with E-state index in [4.69, 9.17) is 4.74 Å². The average molecular weight is 262 g/mol. The van der Waals surface area contributed by atoms with E-state index in [1.54, 1.807) is 0 Å². The number of halogens is 3. The molecule has 1 rings (SSSR count). The Balaban J connectivity index is 0.00000196. The van der Waals surface area contributed by atoms with Crippen LogP contribution in [0.2, 0.25) is 0 Å². The molecule has 0 saturated heterocycles. The molecule has 1 aromatic rings. The van der Waals surface area contributed by atoms with Gasteiger partial charge in [0.2, 0.25) is 0 Å². The van der Waals surface area contributed by atoms with Crippen molar-refractivity contribution in [1.29, 1.82) is 0 Å². The van der Waals surface area contributed by atoms with Gasteiger partial charge >= 0.3 is 6.18 Å². The van der Waals surface area contributed by atoms with E-state index in [0.29, 0.717) is 13.0 Å². The van der Waals surface area contributed by atoms with Gasteiger partial charge in [-0.1, -0.05) is 6.07 Å². The maximum Gasteiger partial charge on any atom is 0.416 e. The quantitative estimate of drug-likeness (QED) is 0.759. The van der Waals surface area contributed by atoms with Gasteiger partial charge in [-0.15, -0.1) is 6.42 Å². The molecular weight excluding hydrogens is 252 g/mol. The second-order valence-corrected chi connectivity index (χ2v) is 2.73. The summed E-state index contributed by atoms with van der Waals surface area (Å²) in [5, 5.41) is 0. The third kappa shape index (κ3) is 4.57. The van der Waals surface area contributed by atoms with E-state index in [1.807, 2.05) is 0 Å². The van der Waals surface area contributed by atoms with E-state index in [0.717, 1.165) is 12.1 Å². The van der Waals surface area contributed by atoms with Crippen LogP contribution in [0.5, 0.6) is 5.75 Å². The van der Waals surface area contributed by atoms with Crippen molar-refractivity contribution in [3.8, 4) is 5.75 Å². The monoisotopic (exact) mass is 262 g/mol. The fourth-order valence-corrected chi connectivity index (χ4v) is 0.952. The Hall–Kier alpha value is -0.684. The van der Waals surface area contributed by atoms with Crippen LogP contribution in [-0.4, -0.2) is 6.61 Å². The molecule has 0 aromatic heterocycles. The van der Waals surface area contributed by atoms with Gasteiger partial charge in [-0.05, 0) is 18.2 Å². The Kier molecular flexibility index (Phi) is 5.75. The topological polar surface area (TPSA) is 9.23 Å². The molecule has 0 atom stereocenters. The Morgan fingerprint density at radius 1 is 1.27 bits per heavy atom. The van der Waals surface area contributed by atoms with E-state index < -0.39 is 11.7 Å². The summed E-state index contributed by atoms with van der Waals surface area (Å²) in [7, 11) is 0. The van der Waals surface area contributed by atoms with Gasteiger partial charge in [-0.3, -0.25) is 0 Å². The Morgan fingerprint density at radius 2 is 1.93 bits per heavy atom. The number of ether oxygens (including phenoxy) is 1. The molecule has 0 amide bonds. The van der Waals surface area contributed by atoms with Gasteiger partial charge in [-0.25, -0.2) is 0 Å². The van der Waals surface area contributed by atoms with Gasteiger partial charge in [0.1, 0.15) is 5.75 Å². The largest absolute Gasteiger partial charge is 0.496 e. The molecule has 0 N–H and O–H groups in total. The molecule has 1 aromatic carbocycles. The van der Waals surface area contributed by atoms with Crippen LogP contribution in [0.25, 0.3) is 0 Å². The maximum absolute atomic E-state index is 12.2. The van der Waals surface area contributed by atoms with Crippen LogP contribution < -0.4 is 4.74 Å². The fraction of sp³-hybridized carbons (Fsp3) is 0.300. The van der Waals surface area contributed by atoms with Crippen LogP contribution in [-0.2, 0) is 23.0 Å². The zero-order chi connectivity index (χ0) is 10.6. The van der Waals surface area contributed by atoms with E-state index in [1.165, 1.54) is 12.1 Å². The van der Waals surface area contributed by atoms with E-state index >= 15 is 0 Å². The van der Waals surface area contributed by atoms with Crippen molar-refractivity contribution in [3.63, 3.8) is 0 Å². The van der Waals surface area contributed by atoms with Crippen LogP contribution in [0.15, 0.2) is 24.3 Å². The zero-order valence-electron chi connectivity index (χ0n) is 7.81. The molecule has 87 valence electrons. The molecule has 0 aliphatic carbocycles. The van der Waals surface area contributed by atoms with Crippen LogP contribution in [0.3, 0.4) is 0 Å². The molecule has 1 nitrogen and oxygen atoms in total. The number of hydrogen-bond acceptors (Lipinski definition) is 1. The zero-order valence-corrected chi connectivity index (χ0v) is 8.85. The van der Waals surface area contributed by atoms with Crippen molar-refractivity contribution in [2.75, 3.05) is 6.61 Å². The summed E-state index contributed by atoms with van der Waals surface area (Å²) in [5.74, 6) is 0.225. The normalized spacial score (nSPS) is 10.7. The first-order valence-corrected chi connectivity index (χ1v) is 4.13. The fourth-order valence-electron chi connectivity index (χ4n) is 0.952. The van der Waals surface area contributed by atoms with Crippen LogP contribution >= 0.6 is 0 Å². The summed E-state index contributed by atoms with van der Waals surface area (Å²) >= 11 is 0. The van der Waals surface area contributed by atoms with Crippen molar-refractivity contribution < 1.29 is 34.7 Å². The second kappa shape index (κ2) is 6.02. The summed E-state index contributed by atoms with van der Waals surface area (Å²) in [6.07, 6.45) is -3.79. The van der Waals surface area contributed by atoms with Gasteiger partial charge in [0, 0.05) is 16.8 Å². The number of alkyl halides is 3. The maximum atomic E-state index is 12.2. The third-order valence-electron chi connectivity index (χ3n) is 1.57. The van der Waals surface area contributed by atoms with Gasteiger partial charge in [-0.2, -0.15) is 13.2 Å². The summed E-state index contributed by atoms with van der Waals surface area (Å²) in [6, 6.07) is 4.80. The first-order chi connectivity index (χ1) is 6.54. The predicted molar refractivity (Wildman–Crippen MR) is 46.9 cm³/mol. The molecule has 0 unspecified atom stereocenters. The predicted octanol–water partition coefficient (Wildman–Crippen LogP) is 3.31. The number of benzene rings is 1. The molecule has 0 heterocycles. The van der Waals surface area contributed by atoms with Crippen molar-refractivity contribution in [3.05, 3.63) is 36.8 Å². The van der Waals surface area contributed by atoms with Crippen molar-refractivity contribution in [1.82, 2.24) is 0 Å². The molecule has 0 aliphatic rings. The van der Waals surface area contributed by atoms with Crippen molar-refractivity contribution in [2.45, 2.75) is 12.6 Å². The minimum absolute atomic E-state index is 0. The van der Waals surface area contributed by atoms with Crippen LogP contribution in [0.1, 0.15) is 12.0 Å². The smallest absolute Gasteiger partial charge is 0.416 e. The van der Waals surface area contributed by atoms with Gasteiger partial charge in [0.25, 0.3) is 0 Å². The molecule has 0 bridgehead atoms. The minimum Gasteiger partial charge on any atom is -0.496 e. The molecule has 5 heteroatoms. The molecule has 15 heavy (non-hydrogen) atoms.